The quantitative estimate of drug-likeness (QED) is 0.784. The van der Waals surface area contributed by atoms with E-state index < -0.39 is 0 Å². The van der Waals surface area contributed by atoms with Crippen LogP contribution in [0.3, 0.4) is 0 Å². The maximum Gasteiger partial charge on any atom is 0.141 e. The van der Waals surface area contributed by atoms with Crippen molar-refractivity contribution in [1.82, 2.24) is 5.32 Å². The van der Waals surface area contributed by atoms with E-state index in [0.29, 0.717) is 17.4 Å². The van der Waals surface area contributed by atoms with Crippen LogP contribution >= 0.6 is 11.6 Å². The molecule has 1 aromatic rings. The molecule has 1 unspecified atom stereocenters. The van der Waals surface area contributed by atoms with E-state index in [1.807, 2.05) is 13.0 Å². The van der Waals surface area contributed by atoms with Crippen LogP contribution in [0.15, 0.2) is 18.2 Å². The van der Waals surface area contributed by atoms with Gasteiger partial charge in [-0.3, -0.25) is 0 Å². The second-order valence-electron chi connectivity index (χ2n) is 3.03. The highest BCUT2D eigenvalue weighted by molar-refractivity contribution is 6.32. The summed E-state index contributed by atoms with van der Waals surface area (Å²) < 4.78 is 5.30. The van der Waals surface area contributed by atoms with E-state index in [1.165, 1.54) is 0 Å². The number of halogens is 1. The molecule has 0 spiro atoms. The third-order valence-corrected chi connectivity index (χ3v) is 2.36. The van der Waals surface area contributed by atoms with Crippen molar-refractivity contribution in [2.75, 3.05) is 13.7 Å². The molecule has 1 rings (SSSR count). The number of ether oxygens (including phenoxy) is 1. The van der Waals surface area contributed by atoms with Gasteiger partial charge in [-0.15, -0.1) is 0 Å². The topological polar surface area (TPSA) is 38.3 Å². The van der Waals surface area contributed by atoms with Crippen molar-refractivity contribution in [3.05, 3.63) is 28.8 Å². The monoisotopic (exact) mass is 227 g/mol. The van der Waals surface area contributed by atoms with Gasteiger partial charge in [0.2, 0.25) is 0 Å². The Labute approximate surface area is 94.4 Å². The number of nitrogens with one attached hydrogen (secondary N) is 1. The summed E-state index contributed by atoms with van der Waals surface area (Å²) >= 11 is 6.00. The van der Waals surface area contributed by atoms with Crippen molar-refractivity contribution in [1.29, 1.82) is 0 Å². The van der Waals surface area contributed by atoms with Crippen molar-refractivity contribution in [2.24, 2.45) is 0 Å². The van der Waals surface area contributed by atoms with Gasteiger partial charge in [0.25, 0.3) is 0 Å². The average molecular weight is 228 g/mol. The van der Waals surface area contributed by atoms with Gasteiger partial charge in [-0.25, -0.2) is 0 Å². The molecule has 0 bridgehead atoms. The molecule has 0 amide bonds. The van der Waals surface area contributed by atoms with E-state index >= 15 is 0 Å². The molecule has 0 aromatic heterocycles. The lowest BCUT2D eigenvalue weighted by atomic mass is 10.1. The Bertz CT molecular complexity index is 341. The predicted octanol–water partition coefficient (Wildman–Crippen LogP) is 2.20. The lowest BCUT2D eigenvalue weighted by molar-refractivity contribution is -0.109. The minimum absolute atomic E-state index is 0.321. The fourth-order valence-corrected chi connectivity index (χ4v) is 1.54. The Morgan fingerprint density at radius 1 is 1.60 bits per heavy atom. The van der Waals surface area contributed by atoms with Gasteiger partial charge in [0.1, 0.15) is 12.0 Å². The van der Waals surface area contributed by atoms with E-state index in [1.54, 1.807) is 19.2 Å². The minimum atomic E-state index is -0.321. The molecule has 1 aromatic carbocycles. The number of carbonyl (C=O) groups excluding carboxylic acids is 1. The van der Waals surface area contributed by atoms with Crippen molar-refractivity contribution >= 4 is 17.9 Å². The molecule has 0 fully saturated rings. The minimum Gasteiger partial charge on any atom is -0.492 e. The molecule has 4 heteroatoms. The van der Waals surface area contributed by atoms with E-state index in [-0.39, 0.29) is 6.04 Å². The molecule has 1 N–H and O–H groups in total. The summed E-state index contributed by atoms with van der Waals surface area (Å²) in [4.78, 5) is 10.7. The largest absolute Gasteiger partial charge is 0.492 e. The van der Waals surface area contributed by atoms with Crippen molar-refractivity contribution in [3.63, 3.8) is 0 Å². The van der Waals surface area contributed by atoms with E-state index in [4.69, 9.17) is 16.3 Å². The Balaban J connectivity index is 2.94. The van der Waals surface area contributed by atoms with Crippen molar-refractivity contribution < 1.29 is 9.53 Å². The highest BCUT2D eigenvalue weighted by Gasteiger charge is 2.10. The smallest absolute Gasteiger partial charge is 0.141 e. The fourth-order valence-electron chi connectivity index (χ4n) is 1.30. The standard InChI is InChI=1S/C11H14ClNO2/c1-3-15-11-5-4-8(6-9(11)12)10(7-14)13-2/h4-7,10,13H,3H2,1-2H3. The molecule has 15 heavy (non-hydrogen) atoms. The van der Waals surface area contributed by atoms with Crippen LogP contribution in [0.4, 0.5) is 0 Å². The zero-order chi connectivity index (χ0) is 11.3. The molecule has 3 nitrogen and oxygen atoms in total. The third kappa shape index (κ3) is 2.94. The highest BCUT2D eigenvalue weighted by Crippen LogP contribution is 2.27. The summed E-state index contributed by atoms with van der Waals surface area (Å²) in [6, 6.07) is 5.02. The van der Waals surface area contributed by atoms with E-state index in [9.17, 15) is 4.79 Å². The molecule has 0 saturated carbocycles. The van der Waals surface area contributed by atoms with Crippen LogP contribution in [0.1, 0.15) is 18.5 Å². The van der Waals surface area contributed by atoms with Gasteiger partial charge in [-0.05, 0) is 31.7 Å². The first-order valence-electron chi connectivity index (χ1n) is 4.77. The molecular weight excluding hydrogens is 214 g/mol. The van der Waals surface area contributed by atoms with Crippen LogP contribution in [0, 0.1) is 0 Å². The summed E-state index contributed by atoms with van der Waals surface area (Å²) in [7, 11) is 1.73. The maximum absolute atomic E-state index is 10.7. The van der Waals surface area contributed by atoms with Crippen molar-refractivity contribution in [2.45, 2.75) is 13.0 Å². The first kappa shape index (κ1) is 12.0. The normalized spacial score (nSPS) is 12.2. The van der Waals surface area contributed by atoms with Crippen LogP contribution in [0.25, 0.3) is 0 Å². The third-order valence-electron chi connectivity index (χ3n) is 2.06. The molecule has 0 aliphatic rings. The number of hydrogen-bond donors (Lipinski definition) is 1. The number of aldehydes is 1. The number of carbonyl (C=O) groups is 1. The van der Waals surface area contributed by atoms with E-state index in [2.05, 4.69) is 5.32 Å². The van der Waals surface area contributed by atoms with Gasteiger partial charge in [0, 0.05) is 0 Å². The highest BCUT2D eigenvalue weighted by atomic mass is 35.5. The van der Waals surface area contributed by atoms with Gasteiger partial charge in [-0.2, -0.15) is 0 Å². The Morgan fingerprint density at radius 2 is 2.33 bits per heavy atom. The Hall–Kier alpha value is -1.06. The number of benzene rings is 1. The summed E-state index contributed by atoms with van der Waals surface area (Å²) in [5, 5.41) is 3.40. The van der Waals surface area contributed by atoms with Crippen LogP contribution < -0.4 is 10.1 Å². The second kappa shape index (κ2) is 5.73. The Morgan fingerprint density at radius 3 is 2.80 bits per heavy atom. The van der Waals surface area contributed by atoms with Crippen LogP contribution in [0.2, 0.25) is 5.02 Å². The summed E-state index contributed by atoms with van der Waals surface area (Å²) in [6.07, 6.45) is 0.839. The molecular formula is C11H14ClNO2. The molecule has 0 aliphatic heterocycles. The molecule has 0 radical (unpaired) electrons. The van der Waals surface area contributed by atoms with Crippen molar-refractivity contribution in [3.8, 4) is 5.75 Å². The fraction of sp³-hybridized carbons (Fsp3) is 0.364. The van der Waals surface area contributed by atoms with Gasteiger partial charge in [0.05, 0.1) is 17.7 Å². The number of likely N-dealkylation sites (N-methyl/N-ethyl adjacent to an activating group) is 1. The summed E-state index contributed by atoms with van der Waals surface area (Å²) in [5.41, 5.74) is 0.834. The SMILES string of the molecule is CCOc1ccc(C(C=O)NC)cc1Cl. The molecule has 0 heterocycles. The lowest BCUT2D eigenvalue weighted by Crippen LogP contribution is -2.17. The molecule has 82 valence electrons. The number of rotatable bonds is 5. The predicted molar refractivity (Wildman–Crippen MR) is 60.5 cm³/mol. The van der Waals surface area contributed by atoms with Crippen LogP contribution in [0.5, 0.6) is 5.75 Å². The number of hydrogen-bond acceptors (Lipinski definition) is 3. The molecule has 1 atom stereocenters. The van der Waals surface area contributed by atoms with Crippen LogP contribution in [-0.2, 0) is 4.79 Å². The van der Waals surface area contributed by atoms with Gasteiger partial charge in [-0.1, -0.05) is 17.7 Å². The zero-order valence-corrected chi connectivity index (χ0v) is 9.54. The lowest BCUT2D eigenvalue weighted by Gasteiger charge is -2.11. The van der Waals surface area contributed by atoms with Gasteiger partial charge >= 0.3 is 0 Å². The van der Waals surface area contributed by atoms with Crippen LogP contribution in [-0.4, -0.2) is 19.9 Å². The molecule has 0 saturated heterocycles. The maximum atomic E-state index is 10.7. The first-order valence-corrected chi connectivity index (χ1v) is 5.15. The zero-order valence-electron chi connectivity index (χ0n) is 8.79. The first-order chi connectivity index (χ1) is 7.22. The summed E-state index contributed by atoms with van der Waals surface area (Å²) in [5.74, 6) is 0.642. The molecule has 0 aliphatic carbocycles. The summed E-state index contributed by atoms with van der Waals surface area (Å²) in [6.45, 7) is 2.47. The Kier molecular flexibility index (Phi) is 4.59. The van der Waals surface area contributed by atoms with E-state index in [0.717, 1.165) is 11.8 Å². The van der Waals surface area contributed by atoms with Gasteiger partial charge < -0.3 is 14.8 Å². The van der Waals surface area contributed by atoms with Gasteiger partial charge in [0.15, 0.2) is 0 Å². The average Bonchev–Trinajstić information content (AvgIpc) is 2.24. The second-order valence-corrected chi connectivity index (χ2v) is 3.43.